The number of rotatable bonds is 35. The van der Waals surface area contributed by atoms with Gasteiger partial charge in [0.25, 0.3) is 0 Å². The SMILES string of the molecule is CCCCCCCCCCCCCCN(CCCCCCCCCCCC)CC(N)CNCC(N)CCCNCN. The third-order valence-corrected chi connectivity index (χ3v) is 8.53. The lowest BCUT2D eigenvalue weighted by Crippen LogP contribution is -2.46. The first-order valence-electron chi connectivity index (χ1n) is 18.5. The number of nitrogens with zero attached hydrogens (tertiary/aromatic N) is 1. The predicted octanol–water partition coefficient (Wildman–Crippen LogP) is 7.44. The molecule has 2 atom stereocenters. The number of hydrogen-bond acceptors (Lipinski definition) is 6. The average molecular weight is 583 g/mol. The van der Waals surface area contributed by atoms with Gasteiger partial charge in [-0.1, -0.05) is 142 Å². The van der Waals surface area contributed by atoms with Crippen LogP contribution in [0.2, 0.25) is 0 Å². The van der Waals surface area contributed by atoms with Crippen LogP contribution in [0.5, 0.6) is 0 Å². The fraction of sp³-hybridized carbons (Fsp3) is 1.00. The van der Waals surface area contributed by atoms with E-state index in [1.54, 1.807) is 0 Å². The van der Waals surface area contributed by atoms with Crippen molar-refractivity contribution in [3.05, 3.63) is 0 Å². The molecule has 41 heavy (non-hydrogen) atoms. The van der Waals surface area contributed by atoms with Gasteiger partial charge >= 0.3 is 0 Å². The van der Waals surface area contributed by atoms with Gasteiger partial charge in [0, 0.05) is 38.4 Å². The molecule has 248 valence electrons. The first kappa shape index (κ1) is 40.8. The highest BCUT2D eigenvalue weighted by atomic mass is 15.1. The zero-order chi connectivity index (χ0) is 30.1. The minimum atomic E-state index is 0.168. The maximum absolute atomic E-state index is 6.59. The molecule has 2 unspecified atom stereocenters. The monoisotopic (exact) mass is 583 g/mol. The minimum Gasteiger partial charge on any atom is -0.327 e. The van der Waals surface area contributed by atoms with E-state index in [4.69, 9.17) is 17.2 Å². The van der Waals surface area contributed by atoms with Crippen molar-refractivity contribution in [2.45, 2.75) is 180 Å². The lowest BCUT2D eigenvalue weighted by molar-refractivity contribution is 0.242. The van der Waals surface area contributed by atoms with Crippen LogP contribution < -0.4 is 27.8 Å². The molecule has 0 amide bonds. The van der Waals surface area contributed by atoms with Crippen LogP contribution in [-0.2, 0) is 0 Å². The Balaban J connectivity index is 4.12. The molecule has 6 nitrogen and oxygen atoms in total. The van der Waals surface area contributed by atoms with E-state index in [2.05, 4.69) is 29.4 Å². The van der Waals surface area contributed by atoms with Gasteiger partial charge in [0.2, 0.25) is 0 Å². The first-order valence-corrected chi connectivity index (χ1v) is 18.5. The van der Waals surface area contributed by atoms with E-state index >= 15 is 0 Å². The summed E-state index contributed by atoms with van der Waals surface area (Å²) in [6, 6.07) is 0.354. The maximum Gasteiger partial charge on any atom is 0.0428 e. The number of nitrogens with one attached hydrogen (secondary N) is 2. The van der Waals surface area contributed by atoms with E-state index in [-0.39, 0.29) is 12.1 Å². The summed E-state index contributed by atoms with van der Waals surface area (Å²) in [5.74, 6) is 0. The molecule has 0 aliphatic rings. The van der Waals surface area contributed by atoms with Crippen LogP contribution in [0.15, 0.2) is 0 Å². The number of nitrogens with two attached hydrogens (primary N) is 3. The molecule has 0 saturated heterocycles. The largest absolute Gasteiger partial charge is 0.327 e. The molecule has 0 aliphatic heterocycles. The number of unbranched alkanes of at least 4 members (excludes halogenated alkanes) is 20. The van der Waals surface area contributed by atoms with Gasteiger partial charge in [-0.15, -0.1) is 0 Å². The quantitative estimate of drug-likeness (QED) is 0.0393. The van der Waals surface area contributed by atoms with Crippen molar-refractivity contribution in [3.8, 4) is 0 Å². The van der Waals surface area contributed by atoms with Gasteiger partial charge in [0.15, 0.2) is 0 Å². The minimum absolute atomic E-state index is 0.168. The summed E-state index contributed by atoms with van der Waals surface area (Å²) >= 11 is 0. The molecule has 0 saturated carbocycles. The molecule has 0 radical (unpaired) electrons. The van der Waals surface area contributed by atoms with E-state index in [1.807, 2.05) is 0 Å². The van der Waals surface area contributed by atoms with Crippen LogP contribution in [-0.4, -0.2) is 62.9 Å². The molecule has 0 aromatic carbocycles. The Labute approximate surface area is 258 Å². The third kappa shape index (κ3) is 32.5. The summed E-state index contributed by atoms with van der Waals surface area (Å²) in [5.41, 5.74) is 18.3. The predicted molar refractivity (Wildman–Crippen MR) is 184 cm³/mol. The summed E-state index contributed by atoms with van der Waals surface area (Å²) in [5, 5.41) is 6.69. The third-order valence-electron chi connectivity index (χ3n) is 8.53. The Morgan fingerprint density at radius 3 is 1.29 bits per heavy atom. The Morgan fingerprint density at radius 1 is 0.488 bits per heavy atom. The van der Waals surface area contributed by atoms with Crippen molar-refractivity contribution in [2.75, 3.05) is 45.9 Å². The fourth-order valence-corrected chi connectivity index (χ4v) is 5.84. The molecular formula is C35H78N6. The Bertz CT molecular complexity index is 478. The summed E-state index contributed by atoms with van der Waals surface area (Å²) in [6.45, 7) is 11.2. The second-order valence-corrected chi connectivity index (χ2v) is 12.9. The van der Waals surface area contributed by atoms with E-state index in [0.29, 0.717) is 6.67 Å². The summed E-state index contributed by atoms with van der Waals surface area (Å²) < 4.78 is 0. The zero-order valence-electron chi connectivity index (χ0n) is 28.3. The lowest BCUT2D eigenvalue weighted by atomic mass is 10.0. The van der Waals surface area contributed by atoms with Crippen LogP contribution in [0.25, 0.3) is 0 Å². The van der Waals surface area contributed by atoms with Gasteiger partial charge in [-0.3, -0.25) is 0 Å². The Hall–Kier alpha value is -0.240. The highest BCUT2D eigenvalue weighted by molar-refractivity contribution is 4.74. The summed E-state index contributed by atoms with van der Waals surface area (Å²) in [4.78, 5) is 2.66. The second kappa shape index (κ2) is 34.3. The Morgan fingerprint density at radius 2 is 0.878 bits per heavy atom. The topological polar surface area (TPSA) is 105 Å². The van der Waals surface area contributed by atoms with Crippen molar-refractivity contribution in [1.29, 1.82) is 0 Å². The molecule has 0 rings (SSSR count). The zero-order valence-corrected chi connectivity index (χ0v) is 28.3. The van der Waals surface area contributed by atoms with Crippen molar-refractivity contribution < 1.29 is 0 Å². The second-order valence-electron chi connectivity index (χ2n) is 12.9. The highest BCUT2D eigenvalue weighted by Crippen LogP contribution is 2.13. The summed E-state index contributed by atoms with van der Waals surface area (Å²) in [7, 11) is 0. The average Bonchev–Trinajstić information content (AvgIpc) is 2.96. The van der Waals surface area contributed by atoms with Crippen LogP contribution in [0.4, 0.5) is 0 Å². The maximum atomic E-state index is 6.59. The highest BCUT2D eigenvalue weighted by Gasteiger charge is 2.11. The molecule has 0 aromatic heterocycles. The normalized spacial score (nSPS) is 13.3. The molecule has 0 aromatic rings. The van der Waals surface area contributed by atoms with Crippen molar-refractivity contribution >= 4 is 0 Å². The number of hydrogen-bond donors (Lipinski definition) is 5. The molecule has 0 spiro atoms. The van der Waals surface area contributed by atoms with Crippen molar-refractivity contribution in [3.63, 3.8) is 0 Å². The summed E-state index contributed by atoms with van der Waals surface area (Å²) in [6.07, 6.45) is 32.9. The first-order chi connectivity index (χ1) is 20.1. The Kier molecular flexibility index (Phi) is 34.1. The van der Waals surface area contributed by atoms with Gasteiger partial charge in [0.1, 0.15) is 0 Å². The van der Waals surface area contributed by atoms with Gasteiger partial charge < -0.3 is 32.7 Å². The lowest BCUT2D eigenvalue weighted by Gasteiger charge is -2.26. The van der Waals surface area contributed by atoms with E-state index in [9.17, 15) is 0 Å². The van der Waals surface area contributed by atoms with Gasteiger partial charge in [-0.05, 0) is 45.3 Å². The fourth-order valence-electron chi connectivity index (χ4n) is 5.84. The van der Waals surface area contributed by atoms with Crippen molar-refractivity contribution in [2.24, 2.45) is 17.2 Å². The van der Waals surface area contributed by atoms with Gasteiger partial charge in [-0.25, -0.2) is 0 Å². The van der Waals surface area contributed by atoms with Crippen LogP contribution in [0.3, 0.4) is 0 Å². The smallest absolute Gasteiger partial charge is 0.0428 e. The molecule has 0 fully saturated rings. The van der Waals surface area contributed by atoms with E-state index in [1.165, 1.54) is 154 Å². The van der Waals surface area contributed by atoms with Crippen LogP contribution >= 0.6 is 0 Å². The molecule has 0 heterocycles. The molecular weight excluding hydrogens is 504 g/mol. The van der Waals surface area contributed by atoms with Gasteiger partial charge in [-0.2, -0.15) is 0 Å². The van der Waals surface area contributed by atoms with Crippen LogP contribution in [0.1, 0.15) is 168 Å². The van der Waals surface area contributed by atoms with Gasteiger partial charge in [0.05, 0.1) is 0 Å². The molecule has 0 bridgehead atoms. The molecule has 6 heteroatoms. The van der Waals surface area contributed by atoms with Crippen molar-refractivity contribution in [1.82, 2.24) is 15.5 Å². The van der Waals surface area contributed by atoms with E-state index < -0.39 is 0 Å². The van der Waals surface area contributed by atoms with Crippen LogP contribution in [0, 0.1) is 0 Å². The molecule has 8 N–H and O–H groups in total. The standard InChI is InChI=1S/C35H78N6/c1-3-5-7-9-11-13-15-16-18-20-22-24-29-41(28-23-21-19-17-14-12-10-8-6-4-2)32-35(38)31-40-30-34(37)26-25-27-39-33-36/h34-35,39-40H,3-33,36-38H2,1-2H3. The van der Waals surface area contributed by atoms with E-state index in [0.717, 1.165) is 39.0 Å². The molecule has 0 aliphatic carbocycles.